The van der Waals surface area contributed by atoms with Gasteiger partial charge in [0.05, 0.1) is 0 Å². The van der Waals surface area contributed by atoms with Gasteiger partial charge >= 0.3 is 0 Å². The molecule has 5 heteroatoms. The molecule has 2 N–H and O–H groups in total. The zero-order valence-corrected chi connectivity index (χ0v) is 13.7. The van der Waals surface area contributed by atoms with Crippen molar-refractivity contribution in [3.63, 3.8) is 0 Å². The van der Waals surface area contributed by atoms with Gasteiger partial charge in [-0.25, -0.2) is 0 Å². The lowest BCUT2D eigenvalue weighted by Crippen LogP contribution is -2.48. The van der Waals surface area contributed by atoms with Gasteiger partial charge in [-0.15, -0.1) is 0 Å². The highest BCUT2D eigenvalue weighted by atomic mass is 35.5. The SMILES string of the molecule is Nc1cccc(CN2CCN(C(=O)c3cccc(Cl)c3)CC2)c1. The smallest absolute Gasteiger partial charge is 0.253 e. The summed E-state index contributed by atoms with van der Waals surface area (Å²) in [4.78, 5) is 16.7. The molecule has 1 aliphatic heterocycles. The van der Waals surface area contributed by atoms with Crippen molar-refractivity contribution < 1.29 is 4.79 Å². The molecular weight excluding hydrogens is 310 g/mol. The van der Waals surface area contributed by atoms with Gasteiger partial charge in [0.15, 0.2) is 0 Å². The standard InChI is InChI=1S/C18H20ClN3O/c19-16-5-2-4-15(12-16)18(23)22-9-7-21(8-10-22)13-14-3-1-6-17(20)11-14/h1-6,11-12H,7-10,13,20H2. The quantitative estimate of drug-likeness (QED) is 0.881. The molecular formula is C18H20ClN3O. The van der Waals surface area contributed by atoms with E-state index in [0.29, 0.717) is 10.6 Å². The van der Waals surface area contributed by atoms with E-state index in [4.69, 9.17) is 17.3 Å². The lowest BCUT2D eigenvalue weighted by atomic mass is 10.1. The summed E-state index contributed by atoms with van der Waals surface area (Å²) in [6.45, 7) is 4.05. The van der Waals surface area contributed by atoms with Crippen LogP contribution in [0.4, 0.5) is 5.69 Å². The van der Waals surface area contributed by atoms with Crippen LogP contribution in [0, 0.1) is 0 Å². The average molecular weight is 330 g/mol. The van der Waals surface area contributed by atoms with Crippen molar-refractivity contribution >= 4 is 23.2 Å². The van der Waals surface area contributed by atoms with Gasteiger partial charge in [0.1, 0.15) is 0 Å². The zero-order chi connectivity index (χ0) is 16.2. The molecule has 2 aromatic carbocycles. The van der Waals surface area contributed by atoms with E-state index in [9.17, 15) is 4.79 Å². The van der Waals surface area contributed by atoms with Crippen molar-refractivity contribution in [3.8, 4) is 0 Å². The number of halogens is 1. The van der Waals surface area contributed by atoms with Crippen molar-refractivity contribution in [2.24, 2.45) is 0 Å². The molecule has 0 bridgehead atoms. The zero-order valence-electron chi connectivity index (χ0n) is 12.9. The lowest BCUT2D eigenvalue weighted by molar-refractivity contribution is 0.0628. The number of carbonyl (C=O) groups excluding carboxylic acids is 1. The molecule has 0 saturated carbocycles. The second kappa shape index (κ2) is 7.02. The van der Waals surface area contributed by atoms with Crippen LogP contribution in [-0.4, -0.2) is 41.9 Å². The normalized spacial score (nSPS) is 15.6. The number of hydrogen-bond donors (Lipinski definition) is 1. The summed E-state index contributed by atoms with van der Waals surface area (Å²) in [5.41, 5.74) is 8.47. The molecule has 3 rings (SSSR count). The van der Waals surface area contributed by atoms with E-state index >= 15 is 0 Å². The third-order valence-corrected chi connectivity index (χ3v) is 4.32. The third-order valence-electron chi connectivity index (χ3n) is 4.09. The van der Waals surface area contributed by atoms with Gasteiger partial charge in [0.2, 0.25) is 0 Å². The fourth-order valence-electron chi connectivity index (χ4n) is 2.86. The van der Waals surface area contributed by atoms with Crippen LogP contribution in [0.5, 0.6) is 0 Å². The van der Waals surface area contributed by atoms with Crippen LogP contribution >= 0.6 is 11.6 Å². The van der Waals surface area contributed by atoms with E-state index in [2.05, 4.69) is 11.0 Å². The third kappa shape index (κ3) is 4.03. The molecule has 0 spiro atoms. The molecule has 120 valence electrons. The number of amides is 1. The second-order valence-corrected chi connectivity index (χ2v) is 6.26. The van der Waals surface area contributed by atoms with Crippen LogP contribution in [0.3, 0.4) is 0 Å². The van der Waals surface area contributed by atoms with Crippen LogP contribution < -0.4 is 5.73 Å². The number of nitrogen functional groups attached to an aromatic ring is 1. The molecule has 1 heterocycles. The highest BCUT2D eigenvalue weighted by molar-refractivity contribution is 6.30. The minimum Gasteiger partial charge on any atom is -0.399 e. The Labute approximate surface area is 141 Å². The molecule has 2 aromatic rings. The Morgan fingerprint density at radius 1 is 1.04 bits per heavy atom. The minimum absolute atomic E-state index is 0.0519. The molecule has 0 aromatic heterocycles. The van der Waals surface area contributed by atoms with Crippen molar-refractivity contribution in [2.45, 2.75) is 6.54 Å². The maximum atomic E-state index is 12.5. The predicted molar refractivity (Wildman–Crippen MR) is 93.5 cm³/mol. The Bertz CT molecular complexity index is 696. The van der Waals surface area contributed by atoms with Gasteiger partial charge < -0.3 is 10.6 Å². The van der Waals surface area contributed by atoms with Crippen molar-refractivity contribution in [3.05, 3.63) is 64.7 Å². The summed E-state index contributed by atoms with van der Waals surface area (Å²) in [5, 5.41) is 0.594. The van der Waals surface area contributed by atoms with Crippen LogP contribution in [0.2, 0.25) is 5.02 Å². The molecule has 0 unspecified atom stereocenters. The number of nitrogens with zero attached hydrogens (tertiary/aromatic N) is 2. The number of piperazine rings is 1. The van der Waals surface area contributed by atoms with E-state index in [1.165, 1.54) is 5.56 Å². The van der Waals surface area contributed by atoms with Gasteiger partial charge in [-0.3, -0.25) is 9.69 Å². The summed E-state index contributed by atoms with van der Waals surface area (Å²) >= 11 is 5.96. The van der Waals surface area contributed by atoms with Crippen molar-refractivity contribution in [2.75, 3.05) is 31.9 Å². The highest BCUT2D eigenvalue weighted by Crippen LogP contribution is 2.15. The van der Waals surface area contributed by atoms with Crippen LogP contribution in [0.15, 0.2) is 48.5 Å². The number of benzene rings is 2. The van der Waals surface area contributed by atoms with E-state index in [1.807, 2.05) is 35.2 Å². The Morgan fingerprint density at radius 2 is 1.78 bits per heavy atom. The summed E-state index contributed by atoms with van der Waals surface area (Å²) in [5.74, 6) is 0.0519. The first-order valence-corrected chi connectivity index (χ1v) is 8.11. The molecule has 0 atom stereocenters. The van der Waals surface area contributed by atoms with Gasteiger partial charge in [-0.2, -0.15) is 0 Å². The molecule has 0 aliphatic carbocycles. The molecule has 23 heavy (non-hydrogen) atoms. The van der Waals surface area contributed by atoms with Gasteiger partial charge in [0, 0.05) is 49.0 Å². The summed E-state index contributed by atoms with van der Waals surface area (Å²) < 4.78 is 0. The van der Waals surface area contributed by atoms with E-state index < -0.39 is 0 Å². The van der Waals surface area contributed by atoms with E-state index in [1.54, 1.807) is 12.1 Å². The van der Waals surface area contributed by atoms with Crippen LogP contribution in [0.25, 0.3) is 0 Å². The molecule has 4 nitrogen and oxygen atoms in total. The molecule has 0 radical (unpaired) electrons. The molecule has 1 amide bonds. The first-order chi connectivity index (χ1) is 11.1. The van der Waals surface area contributed by atoms with Crippen LogP contribution in [-0.2, 0) is 6.54 Å². The minimum atomic E-state index is 0.0519. The first kappa shape index (κ1) is 15.8. The molecule has 1 fully saturated rings. The maximum Gasteiger partial charge on any atom is 0.253 e. The number of anilines is 1. The topological polar surface area (TPSA) is 49.6 Å². The number of nitrogens with two attached hydrogens (primary N) is 1. The van der Waals surface area contributed by atoms with Crippen molar-refractivity contribution in [1.29, 1.82) is 0 Å². The fourth-order valence-corrected chi connectivity index (χ4v) is 3.05. The first-order valence-electron chi connectivity index (χ1n) is 7.73. The van der Waals surface area contributed by atoms with Gasteiger partial charge in [-0.1, -0.05) is 29.8 Å². The average Bonchev–Trinajstić information content (AvgIpc) is 2.55. The van der Waals surface area contributed by atoms with E-state index in [-0.39, 0.29) is 5.91 Å². The van der Waals surface area contributed by atoms with Gasteiger partial charge in [0.25, 0.3) is 5.91 Å². The summed E-state index contributed by atoms with van der Waals surface area (Å²) in [7, 11) is 0. The number of carbonyl (C=O) groups is 1. The Kier molecular flexibility index (Phi) is 4.84. The fraction of sp³-hybridized carbons (Fsp3) is 0.278. The van der Waals surface area contributed by atoms with E-state index in [0.717, 1.165) is 38.4 Å². The molecule has 1 aliphatic rings. The van der Waals surface area contributed by atoms with Crippen molar-refractivity contribution in [1.82, 2.24) is 9.80 Å². The number of rotatable bonds is 3. The second-order valence-electron chi connectivity index (χ2n) is 5.82. The maximum absolute atomic E-state index is 12.5. The Hall–Kier alpha value is -2.04. The Balaban J connectivity index is 1.57. The Morgan fingerprint density at radius 3 is 2.48 bits per heavy atom. The largest absolute Gasteiger partial charge is 0.399 e. The highest BCUT2D eigenvalue weighted by Gasteiger charge is 2.22. The lowest BCUT2D eigenvalue weighted by Gasteiger charge is -2.34. The molecule has 1 saturated heterocycles. The van der Waals surface area contributed by atoms with Crippen LogP contribution in [0.1, 0.15) is 15.9 Å². The van der Waals surface area contributed by atoms with Gasteiger partial charge in [-0.05, 0) is 35.9 Å². The number of hydrogen-bond acceptors (Lipinski definition) is 3. The summed E-state index contributed by atoms with van der Waals surface area (Å²) in [6, 6.07) is 15.1. The summed E-state index contributed by atoms with van der Waals surface area (Å²) in [6.07, 6.45) is 0. The monoisotopic (exact) mass is 329 g/mol. The predicted octanol–water partition coefficient (Wildman–Crippen LogP) is 2.88.